The molecule has 4 rings (SSSR count). The third-order valence-electron chi connectivity index (χ3n) is 7.21. The minimum Gasteiger partial charge on any atom is -0.337 e. The minimum atomic E-state index is -3.82. The summed E-state index contributed by atoms with van der Waals surface area (Å²) in [6.07, 6.45) is 6.92. The number of piperidine rings is 2. The molecule has 0 saturated carbocycles. The van der Waals surface area contributed by atoms with Crippen molar-refractivity contribution in [2.24, 2.45) is 5.92 Å². The minimum absolute atomic E-state index is 0.00806. The Morgan fingerprint density at radius 2 is 1.89 bits per heavy atom. The number of carbonyl (C=O) groups excluding carboxylic acids is 2. The Labute approximate surface area is 217 Å². The summed E-state index contributed by atoms with van der Waals surface area (Å²) in [6.45, 7) is 6.56. The first kappa shape index (κ1) is 26.6. The number of hydrogen-bond donors (Lipinski definition) is 1. The van der Waals surface area contributed by atoms with Crippen molar-refractivity contribution in [1.29, 1.82) is 0 Å². The maximum atomic E-state index is 13.2. The maximum absolute atomic E-state index is 13.2. The van der Waals surface area contributed by atoms with Gasteiger partial charge in [0, 0.05) is 36.0 Å². The average Bonchev–Trinajstić information content (AvgIpc) is 3.45. The first-order chi connectivity index (χ1) is 16.7. The lowest BCUT2D eigenvalue weighted by Crippen LogP contribution is -2.55. The van der Waals surface area contributed by atoms with E-state index in [0.29, 0.717) is 28.6 Å². The zero-order valence-corrected chi connectivity index (χ0v) is 22.6. The fourth-order valence-corrected chi connectivity index (χ4v) is 7.24. The van der Waals surface area contributed by atoms with Crippen LogP contribution in [0.15, 0.2) is 17.5 Å². The van der Waals surface area contributed by atoms with Gasteiger partial charge in [-0.1, -0.05) is 18.5 Å². The van der Waals surface area contributed by atoms with E-state index in [9.17, 15) is 18.0 Å². The van der Waals surface area contributed by atoms with Crippen LogP contribution in [0.5, 0.6) is 0 Å². The van der Waals surface area contributed by atoms with Crippen molar-refractivity contribution in [2.45, 2.75) is 57.5 Å². The summed E-state index contributed by atoms with van der Waals surface area (Å²) in [6, 6.07) is 2.77. The summed E-state index contributed by atoms with van der Waals surface area (Å²) < 4.78 is 28.1. The van der Waals surface area contributed by atoms with E-state index in [0.717, 1.165) is 50.3 Å². The highest BCUT2D eigenvalue weighted by Crippen LogP contribution is 2.24. The molecule has 0 radical (unpaired) electrons. The number of amides is 2. The van der Waals surface area contributed by atoms with Crippen molar-refractivity contribution in [1.82, 2.24) is 19.4 Å². The van der Waals surface area contributed by atoms with Crippen LogP contribution in [0.25, 0.3) is 6.08 Å². The van der Waals surface area contributed by atoms with Crippen LogP contribution in [-0.4, -0.2) is 86.3 Å². The summed E-state index contributed by atoms with van der Waals surface area (Å²) in [5, 5.41) is 1.06. The second-order valence-electron chi connectivity index (χ2n) is 9.93. The number of halogens is 1. The van der Waals surface area contributed by atoms with Crippen LogP contribution in [0.1, 0.15) is 50.3 Å². The third kappa shape index (κ3) is 7.29. The molecule has 3 aliphatic rings. The van der Waals surface area contributed by atoms with E-state index in [-0.39, 0.29) is 24.4 Å². The Balaban J connectivity index is 1.31. The highest BCUT2D eigenvalue weighted by Gasteiger charge is 2.36. The van der Waals surface area contributed by atoms with Gasteiger partial charge < -0.3 is 14.7 Å². The van der Waals surface area contributed by atoms with Gasteiger partial charge in [-0.3, -0.25) is 9.59 Å². The second-order valence-corrected chi connectivity index (χ2v) is 13.3. The number of sulfonamides is 1. The number of hydrogen-bond acceptors (Lipinski definition) is 6. The van der Waals surface area contributed by atoms with Crippen molar-refractivity contribution in [3.63, 3.8) is 0 Å². The molecule has 8 nitrogen and oxygen atoms in total. The summed E-state index contributed by atoms with van der Waals surface area (Å²) in [7, 11) is -3.82. The Bertz CT molecular complexity index is 1040. The number of nitrogens with one attached hydrogen (secondary N) is 1. The topological polar surface area (TPSA) is 90.0 Å². The molecule has 1 N–H and O–H groups in total. The molecule has 1 aromatic rings. The van der Waals surface area contributed by atoms with E-state index in [4.69, 9.17) is 11.6 Å². The molecule has 1 aromatic heterocycles. The molecule has 11 heteroatoms. The van der Waals surface area contributed by atoms with E-state index in [1.165, 1.54) is 35.2 Å². The molecular formula is C24H35ClN4O4S2. The number of rotatable bonds is 8. The smallest absolute Gasteiger partial charge is 0.242 e. The fraction of sp³-hybridized carbons (Fsp3) is 0.667. The van der Waals surface area contributed by atoms with Gasteiger partial charge >= 0.3 is 0 Å². The number of thiophene rings is 1. The maximum Gasteiger partial charge on any atom is 0.242 e. The van der Waals surface area contributed by atoms with Crippen LogP contribution in [0, 0.1) is 5.92 Å². The van der Waals surface area contributed by atoms with Crippen molar-refractivity contribution >= 4 is 50.9 Å². The Morgan fingerprint density at radius 3 is 2.60 bits per heavy atom. The standard InChI is InChI=1S/C24H35ClN4O4S2/c1-18-8-13-27(14-9-18)16-19-4-2-12-29(19)23(30)17-28-11-3-5-21(24(28)31)26-35(32,33)15-10-20-6-7-22(25)34-20/h6-7,10,15,18-19,21,26H,2-5,8-9,11-14,16-17H2,1H3/b15-10+/t19-,21-/m0/s1. The SMILES string of the molecule is CC1CCN(C[C@@H]2CCCN2C(=O)CN2CCC[C@H](NS(=O)(=O)/C=C/c3ccc(Cl)s3)C2=O)CC1. The highest BCUT2D eigenvalue weighted by atomic mass is 35.5. The molecule has 3 fully saturated rings. The molecule has 0 unspecified atom stereocenters. The van der Waals surface area contributed by atoms with Gasteiger partial charge in [-0.25, -0.2) is 8.42 Å². The molecule has 35 heavy (non-hydrogen) atoms. The molecule has 0 bridgehead atoms. The summed E-state index contributed by atoms with van der Waals surface area (Å²) in [5.41, 5.74) is 0. The van der Waals surface area contributed by atoms with Gasteiger partial charge in [0.1, 0.15) is 6.04 Å². The van der Waals surface area contributed by atoms with Crippen LogP contribution in [0.3, 0.4) is 0 Å². The van der Waals surface area contributed by atoms with Crippen molar-refractivity contribution in [2.75, 3.05) is 39.3 Å². The molecule has 3 saturated heterocycles. The van der Waals surface area contributed by atoms with Crippen molar-refractivity contribution < 1.29 is 18.0 Å². The lowest BCUT2D eigenvalue weighted by atomic mass is 9.98. The predicted octanol–water partition coefficient (Wildman–Crippen LogP) is 3.01. The molecule has 194 valence electrons. The Hall–Kier alpha value is -1.46. The highest BCUT2D eigenvalue weighted by molar-refractivity contribution is 7.92. The zero-order chi connectivity index (χ0) is 25.0. The quantitative estimate of drug-likeness (QED) is 0.545. The molecule has 3 aliphatic heterocycles. The van der Waals surface area contributed by atoms with E-state index in [2.05, 4.69) is 16.5 Å². The second kappa shape index (κ2) is 11.7. The van der Waals surface area contributed by atoms with Gasteiger partial charge in [0.25, 0.3) is 0 Å². The van der Waals surface area contributed by atoms with Gasteiger partial charge in [-0.2, -0.15) is 4.72 Å². The number of nitrogens with zero attached hydrogens (tertiary/aromatic N) is 3. The van der Waals surface area contributed by atoms with Crippen LogP contribution in [0.4, 0.5) is 0 Å². The van der Waals surface area contributed by atoms with Crippen LogP contribution < -0.4 is 4.72 Å². The van der Waals surface area contributed by atoms with Gasteiger partial charge in [-0.15, -0.1) is 11.3 Å². The third-order valence-corrected chi connectivity index (χ3v) is 9.52. The molecule has 2 atom stereocenters. The number of carbonyl (C=O) groups is 2. The van der Waals surface area contributed by atoms with Gasteiger partial charge in [0.15, 0.2) is 0 Å². The van der Waals surface area contributed by atoms with Crippen LogP contribution in [-0.2, 0) is 19.6 Å². The monoisotopic (exact) mass is 542 g/mol. The van der Waals surface area contributed by atoms with Crippen molar-refractivity contribution in [3.05, 3.63) is 26.8 Å². The van der Waals surface area contributed by atoms with Crippen molar-refractivity contribution in [3.8, 4) is 0 Å². The van der Waals surface area contributed by atoms with E-state index in [1.807, 2.05) is 4.90 Å². The van der Waals surface area contributed by atoms with Gasteiger partial charge in [0.05, 0.1) is 10.9 Å². The van der Waals surface area contributed by atoms with E-state index >= 15 is 0 Å². The summed E-state index contributed by atoms with van der Waals surface area (Å²) in [5.74, 6) is 0.401. The molecule has 0 aliphatic carbocycles. The fourth-order valence-electron chi connectivity index (χ4n) is 5.17. The number of likely N-dealkylation sites (tertiary alicyclic amines) is 3. The Kier molecular flexibility index (Phi) is 8.91. The molecule has 0 spiro atoms. The van der Waals surface area contributed by atoms with E-state index < -0.39 is 16.1 Å². The van der Waals surface area contributed by atoms with Gasteiger partial charge in [-0.05, 0) is 75.7 Å². The van der Waals surface area contributed by atoms with Crippen LogP contribution >= 0.6 is 22.9 Å². The zero-order valence-electron chi connectivity index (χ0n) is 20.2. The predicted molar refractivity (Wildman–Crippen MR) is 140 cm³/mol. The molecule has 0 aromatic carbocycles. The van der Waals surface area contributed by atoms with Gasteiger partial charge in [0.2, 0.25) is 21.8 Å². The lowest BCUT2D eigenvalue weighted by molar-refractivity contribution is -0.143. The first-order valence-electron chi connectivity index (χ1n) is 12.5. The average molecular weight is 543 g/mol. The van der Waals surface area contributed by atoms with Crippen LogP contribution in [0.2, 0.25) is 4.34 Å². The molecular weight excluding hydrogens is 508 g/mol. The lowest BCUT2D eigenvalue weighted by Gasteiger charge is -2.36. The van der Waals surface area contributed by atoms with E-state index in [1.54, 1.807) is 12.1 Å². The summed E-state index contributed by atoms with van der Waals surface area (Å²) in [4.78, 5) is 32.8. The largest absolute Gasteiger partial charge is 0.337 e. The molecule has 2 amide bonds. The Morgan fingerprint density at radius 1 is 1.14 bits per heavy atom. The summed E-state index contributed by atoms with van der Waals surface area (Å²) >= 11 is 7.16. The first-order valence-corrected chi connectivity index (χ1v) is 15.2. The normalized spacial score (nSPS) is 25.1. The molecule has 4 heterocycles.